The quantitative estimate of drug-likeness (QED) is 0.659. The molecule has 25 heavy (non-hydrogen) atoms. The van der Waals surface area contributed by atoms with Crippen molar-refractivity contribution in [2.45, 2.75) is 45.3 Å². The van der Waals surface area contributed by atoms with Crippen molar-refractivity contribution in [3.05, 3.63) is 24.2 Å². The van der Waals surface area contributed by atoms with Crippen molar-refractivity contribution >= 4 is 22.7 Å². The molecule has 0 unspecified atom stereocenters. The van der Waals surface area contributed by atoms with Crippen LogP contribution in [-0.2, 0) is 0 Å². The molecule has 0 aliphatic heterocycles. The molecule has 0 saturated heterocycles. The lowest BCUT2D eigenvalue weighted by Gasteiger charge is -2.13. The van der Waals surface area contributed by atoms with Gasteiger partial charge in [0.15, 0.2) is 0 Å². The topological polar surface area (TPSA) is 101 Å². The smallest absolute Gasteiger partial charge is 0.232 e. The van der Waals surface area contributed by atoms with Crippen molar-refractivity contribution in [3.63, 3.8) is 0 Å². The van der Waals surface area contributed by atoms with E-state index in [1.165, 1.54) is 0 Å². The van der Waals surface area contributed by atoms with Gasteiger partial charge in [0.2, 0.25) is 11.8 Å². The average molecular weight is 342 g/mol. The largest absolute Gasteiger partial charge is 0.477 e. The van der Waals surface area contributed by atoms with Gasteiger partial charge in [-0.1, -0.05) is 0 Å². The van der Waals surface area contributed by atoms with E-state index in [4.69, 9.17) is 4.74 Å². The summed E-state index contributed by atoms with van der Waals surface area (Å²) >= 11 is 0. The van der Waals surface area contributed by atoms with Gasteiger partial charge in [0.1, 0.15) is 5.65 Å². The second-order valence-corrected chi connectivity index (χ2v) is 6.36. The maximum Gasteiger partial charge on any atom is 0.232 e. The molecule has 3 aromatic rings. The molecule has 8 nitrogen and oxygen atoms in total. The summed E-state index contributed by atoms with van der Waals surface area (Å²) < 4.78 is 7.61. The normalized spacial score (nSPS) is 20.3. The van der Waals surface area contributed by atoms with Crippen molar-refractivity contribution in [1.82, 2.24) is 24.7 Å². The number of nitrogens with zero attached hydrogens (tertiary/aromatic N) is 4. The highest BCUT2D eigenvalue weighted by Crippen LogP contribution is 2.33. The molecule has 0 radical (unpaired) electrons. The van der Waals surface area contributed by atoms with Crippen LogP contribution in [0, 0.1) is 6.92 Å². The number of aliphatic hydroxyl groups excluding tert-OH is 1. The first-order valence-corrected chi connectivity index (χ1v) is 8.62. The Kier molecular flexibility index (Phi) is 4.04. The van der Waals surface area contributed by atoms with Crippen LogP contribution in [-0.4, -0.2) is 42.5 Å². The number of ether oxygens (including phenoxy) is 1. The lowest BCUT2D eigenvalue weighted by molar-refractivity contribution is 0.177. The van der Waals surface area contributed by atoms with Crippen molar-refractivity contribution in [2.24, 2.45) is 0 Å². The highest BCUT2D eigenvalue weighted by molar-refractivity contribution is 5.82. The fraction of sp³-hybridized carbons (Fsp3) is 0.471. The van der Waals surface area contributed by atoms with Crippen LogP contribution < -0.4 is 10.1 Å². The van der Waals surface area contributed by atoms with Gasteiger partial charge in [-0.25, -0.2) is 0 Å². The molecule has 1 aliphatic rings. The molecule has 0 aromatic carbocycles. The summed E-state index contributed by atoms with van der Waals surface area (Å²) in [6, 6.07) is 2.15. The number of H-pyrrole nitrogens is 1. The van der Waals surface area contributed by atoms with E-state index < -0.39 is 0 Å². The minimum atomic E-state index is -0.225. The SMILES string of the molecule is CCOc1nc(Nc2cnn([C@H]3CC[C@H](O)C3)c2C)nc2[nH]ccc12. The first-order chi connectivity index (χ1) is 12.2. The molecule has 4 rings (SSSR count). The highest BCUT2D eigenvalue weighted by atomic mass is 16.5. The third-order valence-electron chi connectivity index (χ3n) is 4.68. The number of aromatic amines is 1. The number of anilines is 2. The van der Waals surface area contributed by atoms with Gasteiger partial charge in [0.05, 0.1) is 41.7 Å². The van der Waals surface area contributed by atoms with E-state index in [2.05, 4.69) is 25.4 Å². The molecule has 132 valence electrons. The van der Waals surface area contributed by atoms with Crippen molar-refractivity contribution in [2.75, 3.05) is 11.9 Å². The fourth-order valence-corrected chi connectivity index (χ4v) is 3.41. The third kappa shape index (κ3) is 2.93. The van der Waals surface area contributed by atoms with Gasteiger partial charge in [0, 0.05) is 6.20 Å². The van der Waals surface area contributed by atoms with E-state index in [1.54, 1.807) is 6.20 Å². The van der Waals surface area contributed by atoms with Crippen LogP contribution in [0.15, 0.2) is 18.5 Å². The van der Waals surface area contributed by atoms with Gasteiger partial charge in [-0.3, -0.25) is 4.68 Å². The first-order valence-electron chi connectivity index (χ1n) is 8.62. The van der Waals surface area contributed by atoms with Crippen LogP contribution in [0.2, 0.25) is 0 Å². The van der Waals surface area contributed by atoms with Gasteiger partial charge >= 0.3 is 0 Å². The monoisotopic (exact) mass is 342 g/mol. The average Bonchev–Trinajstić information content (AvgIpc) is 3.29. The zero-order valence-corrected chi connectivity index (χ0v) is 14.4. The minimum absolute atomic E-state index is 0.225. The number of hydrogen-bond donors (Lipinski definition) is 3. The minimum Gasteiger partial charge on any atom is -0.477 e. The molecular weight excluding hydrogens is 320 g/mol. The van der Waals surface area contributed by atoms with Gasteiger partial charge in [-0.2, -0.15) is 15.1 Å². The first kappa shape index (κ1) is 15.9. The molecule has 8 heteroatoms. The van der Waals surface area contributed by atoms with Gasteiger partial charge in [-0.05, 0) is 39.2 Å². The Balaban J connectivity index is 1.62. The van der Waals surface area contributed by atoms with Crippen LogP contribution in [0.5, 0.6) is 5.88 Å². The summed E-state index contributed by atoms with van der Waals surface area (Å²) in [4.78, 5) is 12.1. The predicted molar refractivity (Wildman–Crippen MR) is 94.2 cm³/mol. The summed E-state index contributed by atoms with van der Waals surface area (Å²) in [7, 11) is 0. The summed E-state index contributed by atoms with van der Waals surface area (Å²) in [5.41, 5.74) is 2.59. The lowest BCUT2D eigenvalue weighted by atomic mass is 10.2. The van der Waals surface area contributed by atoms with E-state index in [1.807, 2.05) is 30.8 Å². The van der Waals surface area contributed by atoms with Crippen LogP contribution in [0.4, 0.5) is 11.6 Å². The zero-order valence-electron chi connectivity index (χ0n) is 14.4. The summed E-state index contributed by atoms with van der Waals surface area (Å²) in [5.74, 6) is 1.02. The van der Waals surface area contributed by atoms with E-state index in [0.717, 1.165) is 41.7 Å². The van der Waals surface area contributed by atoms with Gasteiger partial charge in [0.25, 0.3) is 0 Å². The van der Waals surface area contributed by atoms with Crippen molar-refractivity contribution < 1.29 is 9.84 Å². The Hall–Kier alpha value is -2.61. The standard InChI is InChI=1S/C17H22N6O2/c1-3-25-16-13-6-7-18-15(13)21-17(22-16)20-14-9-19-23(10(14)2)11-4-5-12(24)8-11/h6-7,9,11-12,24H,3-5,8H2,1-2H3,(H2,18,20,21,22)/t11-,12-/m0/s1. The predicted octanol–water partition coefficient (Wildman–Crippen LogP) is 2.69. The number of aromatic nitrogens is 5. The molecule has 0 spiro atoms. The second-order valence-electron chi connectivity index (χ2n) is 6.36. The van der Waals surface area contributed by atoms with Crippen molar-refractivity contribution in [3.8, 4) is 5.88 Å². The summed E-state index contributed by atoms with van der Waals surface area (Å²) in [6.07, 6.45) is 5.90. The van der Waals surface area contributed by atoms with E-state index >= 15 is 0 Å². The van der Waals surface area contributed by atoms with Crippen molar-refractivity contribution in [1.29, 1.82) is 0 Å². The Morgan fingerprint density at radius 3 is 3.04 bits per heavy atom. The molecule has 1 aliphatic carbocycles. The molecule has 3 heterocycles. The molecule has 2 atom stereocenters. The van der Waals surface area contributed by atoms with Crippen LogP contribution in [0.1, 0.15) is 37.9 Å². The van der Waals surface area contributed by atoms with Crippen LogP contribution >= 0.6 is 0 Å². The molecule has 3 aromatic heterocycles. The van der Waals surface area contributed by atoms with Gasteiger partial charge < -0.3 is 20.1 Å². The number of rotatable bonds is 5. The molecule has 1 fully saturated rings. The highest BCUT2D eigenvalue weighted by Gasteiger charge is 2.26. The number of fused-ring (bicyclic) bond motifs is 1. The lowest BCUT2D eigenvalue weighted by Crippen LogP contribution is -2.10. The van der Waals surface area contributed by atoms with E-state index in [9.17, 15) is 5.11 Å². The maximum absolute atomic E-state index is 9.76. The molecule has 0 bridgehead atoms. The Morgan fingerprint density at radius 1 is 1.40 bits per heavy atom. The third-order valence-corrected chi connectivity index (χ3v) is 4.68. The molecule has 1 saturated carbocycles. The molecule has 0 amide bonds. The fourth-order valence-electron chi connectivity index (χ4n) is 3.41. The van der Waals surface area contributed by atoms with E-state index in [-0.39, 0.29) is 12.1 Å². The second kappa shape index (κ2) is 6.36. The Morgan fingerprint density at radius 2 is 2.28 bits per heavy atom. The van der Waals surface area contributed by atoms with E-state index in [0.29, 0.717) is 18.4 Å². The number of nitrogens with one attached hydrogen (secondary N) is 2. The van der Waals surface area contributed by atoms with Crippen LogP contribution in [0.3, 0.4) is 0 Å². The molecule has 3 N–H and O–H groups in total. The molecular formula is C17H22N6O2. The van der Waals surface area contributed by atoms with Crippen LogP contribution in [0.25, 0.3) is 11.0 Å². The number of hydrogen-bond acceptors (Lipinski definition) is 6. The van der Waals surface area contributed by atoms with Gasteiger partial charge in [-0.15, -0.1) is 0 Å². The number of aliphatic hydroxyl groups is 1. The Bertz CT molecular complexity index is 887. The zero-order chi connectivity index (χ0) is 17.4. The summed E-state index contributed by atoms with van der Waals surface area (Å²) in [5, 5.41) is 18.3. The maximum atomic E-state index is 9.76. The summed E-state index contributed by atoms with van der Waals surface area (Å²) in [6.45, 7) is 4.48. The Labute approximate surface area is 145 Å².